The maximum Gasteiger partial charge on any atom is 0.282 e. The largest absolute Gasteiger partial charge is 0.330 e. The van der Waals surface area contributed by atoms with Crippen molar-refractivity contribution >= 4 is 22.6 Å². The fraction of sp³-hybridized carbons (Fsp3) is 0.600. The molecule has 0 aromatic heterocycles. The Morgan fingerprint density at radius 3 is 2.45 bits per heavy atom. The summed E-state index contributed by atoms with van der Waals surface area (Å²) < 4.78 is 28.7. The van der Waals surface area contributed by atoms with Crippen LogP contribution in [0.25, 0.3) is 0 Å². The Kier molecular flexibility index (Phi) is 6.83. The number of hydrogen-bond donors (Lipinski definition) is 1. The quantitative estimate of drug-likeness (QED) is 0.854. The molecule has 0 amide bonds. The molecule has 1 unspecified atom stereocenters. The fourth-order valence-corrected chi connectivity index (χ4v) is 4.41. The molecule has 2 rings (SSSR count). The monoisotopic (exact) mass is 347 g/mol. The first-order valence-electron chi connectivity index (χ1n) is 7.40. The van der Waals surface area contributed by atoms with Gasteiger partial charge in [0.25, 0.3) is 10.2 Å². The van der Waals surface area contributed by atoms with Gasteiger partial charge in [0.05, 0.1) is 0 Å². The summed E-state index contributed by atoms with van der Waals surface area (Å²) in [5.74, 6) is 0. The predicted molar refractivity (Wildman–Crippen MR) is 92.0 cm³/mol. The average Bonchev–Trinajstić information content (AvgIpc) is 2.90. The first kappa shape index (κ1) is 19.4. The molecule has 1 aromatic carbocycles. The van der Waals surface area contributed by atoms with Crippen LogP contribution < -0.4 is 5.73 Å². The Morgan fingerprint density at radius 1 is 1.32 bits per heavy atom. The summed E-state index contributed by atoms with van der Waals surface area (Å²) in [6.07, 6.45) is 0.825. The molecule has 1 fully saturated rings. The van der Waals surface area contributed by atoms with Gasteiger partial charge in [0.15, 0.2) is 0 Å². The third-order valence-corrected chi connectivity index (χ3v) is 6.23. The standard InChI is InChI=1S/C15H25N3O2S.ClH/c1-3-17(11-14-7-5-4-6-8-14)21(19,20)18-10-9-15(2,12-16)13-18;/h4-8H,3,9-13,16H2,1-2H3;1H. The van der Waals surface area contributed by atoms with Crippen LogP contribution in [-0.2, 0) is 16.8 Å². The van der Waals surface area contributed by atoms with E-state index in [9.17, 15) is 8.42 Å². The second-order valence-electron chi connectivity index (χ2n) is 6.02. The Balaban J connectivity index is 0.00000242. The molecule has 0 radical (unpaired) electrons. The van der Waals surface area contributed by atoms with Gasteiger partial charge in [0.2, 0.25) is 0 Å². The Morgan fingerprint density at radius 2 is 1.95 bits per heavy atom. The van der Waals surface area contributed by atoms with E-state index in [2.05, 4.69) is 6.92 Å². The summed E-state index contributed by atoms with van der Waals surface area (Å²) in [4.78, 5) is 0. The van der Waals surface area contributed by atoms with Gasteiger partial charge in [0.1, 0.15) is 0 Å². The molecule has 5 nitrogen and oxygen atoms in total. The van der Waals surface area contributed by atoms with Crippen LogP contribution >= 0.6 is 12.4 Å². The molecule has 0 aliphatic carbocycles. The van der Waals surface area contributed by atoms with Crippen molar-refractivity contribution in [3.8, 4) is 0 Å². The molecule has 1 aromatic rings. The lowest BCUT2D eigenvalue weighted by Crippen LogP contribution is -2.43. The Labute approximate surface area is 140 Å². The number of hydrogen-bond acceptors (Lipinski definition) is 3. The van der Waals surface area contributed by atoms with Gasteiger partial charge in [-0.25, -0.2) is 0 Å². The van der Waals surface area contributed by atoms with Crippen LogP contribution in [0.3, 0.4) is 0 Å². The van der Waals surface area contributed by atoms with Gasteiger partial charge in [0, 0.05) is 26.2 Å². The normalized spacial score (nSPS) is 22.7. The lowest BCUT2D eigenvalue weighted by Gasteiger charge is -2.28. The molecule has 22 heavy (non-hydrogen) atoms. The van der Waals surface area contributed by atoms with E-state index in [1.54, 1.807) is 4.31 Å². The van der Waals surface area contributed by atoms with Gasteiger partial charge >= 0.3 is 0 Å². The minimum atomic E-state index is -3.42. The number of nitrogens with zero attached hydrogens (tertiary/aromatic N) is 2. The van der Waals surface area contributed by atoms with E-state index in [0.717, 1.165) is 12.0 Å². The highest BCUT2D eigenvalue weighted by atomic mass is 35.5. The van der Waals surface area contributed by atoms with E-state index in [1.165, 1.54) is 4.31 Å². The maximum absolute atomic E-state index is 12.8. The molecule has 126 valence electrons. The summed E-state index contributed by atoms with van der Waals surface area (Å²) in [6.45, 7) is 6.39. The second-order valence-corrected chi connectivity index (χ2v) is 7.95. The van der Waals surface area contributed by atoms with Crippen molar-refractivity contribution in [3.05, 3.63) is 35.9 Å². The fourth-order valence-electron chi connectivity index (χ4n) is 2.65. The van der Waals surface area contributed by atoms with Crippen molar-refractivity contribution in [2.75, 3.05) is 26.2 Å². The highest BCUT2D eigenvalue weighted by Gasteiger charge is 2.40. The van der Waals surface area contributed by atoms with Gasteiger partial charge < -0.3 is 5.73 Å². The van der Waals surface area contributed by atoms with Crippen LogP contribution in [0.1, 0.15) is 25.8 Å². The SMILES string of the molecule is CCN(Cc1ccccc1)S(=O)(=O)N1CCC(C)(CN)C1.Cl. The highest BCUT2D eigenvalue weighted by Crippen LogP contribution is 2.31. The molecule has 7 heteroatoms. The zero-order chi connectivity index (χ0) is 15.5. The third kappa shape index (κ3) is 4.20. The van der Waals surface area contributed by atoms with Crippen LogP contribution in [0.2, 0.25) is 0 Å². The Hall–Kier alpha value is -0.660. The van der Waals surface area contributed by atoms with E-state index in [4.69, 9.17) is 5.73 Å². The highest BCUT2D eigenvalue weighted by molar-refractivity contribution is 7.86. The minimum absolute atomic E-state index is 0. The second kappa shape index (κ2) is 7.75. The first-order valence-corrected chi connectivity index (χ1v) is 8.80. The molecule has 1 heterocycles. The summed E-state index contributed by atoms with van der Waals surface area (Å²) in [7, 11) is -3.42. The van der Waals surface area contributed by atoms with Crippen LogP contribution in [0.15, 0.2) is 30.3 Å². The summed E-state index contributed by atoms with van der Waals surface area (Å²) in [5.41, 5.74) is 6.68. The lowest BCUT2D eigenvalue weighted by molar-refractivity contribution is 0.325. The Bertz CT molecular complexity index is 567. The van der Waals surface area contributed by atoms with Crippen LogP contribution in [0.5, 0.6) is 0 Å². The van der Waals surface area contributed by atoms with E-state index in [0.29, 0.717) is 32.7 Å². The van der Waals surface area contributed by atoms with E-state index >= 15 is 0 Å². The average molecular weight is 348 g/mol. The van der Waals surface area contributed by atoms with Gasteiger partial charge in [-0.1, -0.05) is 44.2 Å². The molecule has 2 N–H and O–H groups in total. The summed E-state index contributed by atoms with van der Waals surface area (Å²) in [5, 5.41) is 0. The summed E-state index contributed by atoms with van der Waals surface area (Å²) in [6, 6.07) is 9.69. The zero-order valence-electron chi connectivity index (χ0n) is 13.2. The number of nitrogens with two attached hydrogens (primary N) is 1. The molecule has 0 saturated carbocycles. The number of benzene rings is 1. The van der Waals surface area contributed by atoms with E-state index in [1.807, 2.05) is 37.3 Å². The molecular formula is C15H26ClN3O2S. The lowest BCUT2D eigenvalue weighted by atomic mass is 9.90. The molecular weight excluding hydrogens is 322 g/mol. The smallest absolute Gasteiger partial charge is 0.282 e. The molecule has 1 aliphatic heterocycles. The van der Waals surface area contributed by atoms with E-state index in [-0.39, 0.29) is 17.8 Å². The number of rotatable bonds is 6. The first-order chi connectivity index (χ1) is 9.91. The number of halogens is 1. The van der Waals surface area contributed by atoms with Crippen molar-refractivity contribution in [2.45, 2.75) is 26.8 Å². The van der Waals surface area contributed by atoms with Crippen molar-refractivity contribution in [1.29, 1.82) is 0 Å². The molecule has 0 spiro atoms. The van der Waals surface area contributed by atoms with Gasteiger partial charge in [-0.3, -0.25) is 0 Å². The molecule has 0 bridgehead atoms. The van der Waals surface area contributed by atoms with Gasteiger partial charge in [-0.15, -0.1) is 12.4 Å². The van der Waals surface area contributed by atoms with Crippen molar-refractivity contribution in [2.24, 2.45) is 11.1 Å². The predicted octanol–water partition coefficient (Wildman–Crippen LogP) is 1.85. The molecule has 1 atom stereocenters. The topological polar surface area (TPSA) is 66.6 Å². The van der Waals surface area contributed by atoms with Gasteiger partial charge in [-0.2, -0.15) is 17.0 Å². The van der Waals surface area contributed by atoms with Crippen molar-refractivity contribution < 1.29 is 8.42 Å². The minimum Gasteiger partial charge on any atom is -0.330 e. The van der Waals surface area contributed by atoms with Crippen molar-refractivity contribution in [1.82, 2.24) is 8.61 Å². The van der Waals surface area contributed by atoms with E-state index < -0.39 is 10.2 Å². The third-order valence-electron chi connectivity index (χ3n) is 4.22. The van der Waals surface area contributed by atoms with Crippen LogP contribution in [-0.4, -0.2) is 43.2 Å². The van der Waals surface area contributed by atoms with Crippen LogP contribution in [0.4, 0.5) is 0 Å². The zero-order valence-corrected chi connectivity index (χ0v) is 14.9. The molecule has 1 saturated heterocycles. The molecule has 1 aliphatic rings. The summed E-state index contributed by atoms with van der Waals surface area (Å²) >= 11 is 0. The maximum atomic E-state index is 12.8. The van der Waals surface area contributed by atoms with Crippen molar-refractivity contribution in [3.63, 3.8) is 0 Å². The van der Waals surface area contributed by atoms with Gasteiger partial charge in [-0.05, 0) is 23.9 Å². The van der Waals surface area contributed by atoms with Crippen LogP contribution in [0, 0.1) is 5.41 Å².